The molecule has 3 aromatic heterocycles. The molecule has 3 heterocycles. The standard InChI is InChI=1S/C18H14N4O2/c23-18(8-12-4-3-7-19-11-12)20-17-10-14(21-22-17)16-9-13-5-1-2-6-15(13)24-16/h1-7,9-11H,8H2,(H2,20,21,22,23). The van der Waals surface area contributed by atoms with E-state index in [9.17, 15) is 4.79 Å². The summed E-state index contributed by atoms with van der Waals surface area (Å²) >= 11 is 0. The number of anilines is 1. The maximum atomic E-state index is 12.1. The largest absolute Gasteiger partial charge is 0.454 e. The molecule has 4 aromatic rings. The first-order valence-electron chi connectivity index (χ1n) is 7.51. The minimum absolute atomic E-state index is 0.148. The molecule has 0 saturated carbocycles. The number of hydrogen-bond acceptors (Lipinski definition) is 4. The van der Waals surface area contributed by atoms with Crippen molar-refractivity contribution in [3.05, 3.63) is 66.5 Å². The minimum Gasteiger partial charge on any atom is -0.454 e. The third-order valence-corrected chi connectivity index (χ3v) is 3.62. The molecule has 0 aliphatic carbocycles. The van der Waals surface area contributed by atoms with E-state index in [1.807, 2.05) is 36.4 Å². The number of carbonyl (C=O) groups is 1. The fraction of sp³-hybridized carbons (Fsp3) is 0.0556. The Hall–Kier alpha value is -3.41. The third-order valence-electron chi connectivity index (χ3n) is 3.62. The van der Waals surface area contributed by atoms with Gasteiger partial charge in [-0.15, -0.1) is 0 Å². The van der Waals surface area contributed by atoms with Crippen LogP contribution in [-0.2, 0) is 11.2 Å². The number of fused-ring (bicyclic) bond motifs is 1. The Kier molecular flexibility index (Phi) is 3.55. The first-order chi connectivity index (χ1) is 11.8. The second-order valence-electron chi connectivity index (χ2n) is 5.40. The van der Waals surface area contributed by atoms with Gasteiger partial charge in [0.05, 0.1) is 6.42 Å². The quantitative estimate of drug-likeness (QED) is 0.604. The summed E-state index contributed by atoms with van der Waals surface area (Å²) in [5, 5.41) is 10.8. The summed E-state index contributed by atoms with van der Waals surface area (Å²) in [6, 6.07) is 15.1. The molecule has 0 aliphatic rings. The van der Waals surface area contributed by atoms with Crippen LogP contribution in [0.15, 0.2) is 65.3 Å². The van der Waals surface area contributed by atoms with Crippen molar-refractivity contribution in [3.63, 3.8) is 0 Å². The maximum absolute atomic E-state index is 12.1. The molecule has 0 saturated heterocycles. The molecule has 0 fully saturated rings. The van der Waals surface area contributed by atoms with Gasteiger partial charge < -0.3 is 9.73 Å². The van der Waals surface area contributed by atoms with E-state index in [1.54, 1.807) is 24.5 Å². The first kappa shape index (κ1) is 14.2. The Balaban J connectivity index is 1.49. The van der Waals surface area contributed by atoms with E-state index >= 15 is 0 Å². The van der Waals surface area contributed by atoms with Crippen molar-refractivity contribution in [1.82, 2.24) is 15.2 Å². The highest BCUT2D eigenvalue weighted by atomic mass is 16.3. The summed E-state index contributed by atoms with van der Waals surface area (Å²) in [4.78, 5) is 16.0. The summed E-state index contributed by atoms with van der Waals surface area (Å²) in [7, 11) is 0. The van der Waals surface area contributed by atoms with Crippen LogP contribution in [-0.4, -0.2) is 21.1 Å². The number of pyridine rings is 1. The molecule has 0 radical (unpaired) electrons. The molecule has 0 atom stereocenters. The van der Waals surface area contributed by atoms with Crippen molar-refractivity contribution < 1.29 is 9.21 Å². The number of furan rings is 1. The van der Waals surface area contributed by atoms with Crippen molar-refractivity contribution in [2.75, 3.05) is 5.32 Å². The van der Waals surface area contributed by atoms with Crippen LogP contribution in [0.3, 0.4) is 0 Å². The molecule has 0 aliphatic heterocycles. The fourth-order valence-corrected chi connectivity index (χ4v) is 2.50. The topological polar surface area (TPSA) is 83.8 Å². The average molecular weight is 318 g/mol. The molecule has 1 amide bonds. The van der Waals surface area contributed by atoms with E-state index in [0.29, 0.717) is 17.3 Å². The molecular formula is C18H14N4O2. The van der Waals surface area contributed by atoms with Gasteiger partial charge in [0.2, 0.25) is 5.91 Å². The first-order valence-corrected chi connectivity index (χ1v) is 7.51. The molecule has 6 heteroatoms. The lowest BCUT2D eigenvalue weighted by molar-refractivity contribution is -0.115. The lowest BCUT2D eigenvalue weighted by Gasteiger charge is -2.00. The Morgan fingerprint density at radius 2 is 2.08 bits per heavy atom. The number of amides is 1. The Bertz CT molecular complexity index is 955. The number of hydrogen-bond donors (Lipinski definition) is 2. The lowest BCUT2D eigenvalue weighted by Crippen LogP contribution is -2.14. The van der Waals surface area contributed by atoms with E-state index in [-0.39, 0.29) is 12.3 Å². The van der Waals surface area contributed by atoms with Crippen molar-refractivity contribution in [3.8, 4) is 11.5 Å². The number of aromatic nitrogens is 3. The van der Waals surface area contributed by atoms with E-state index in [1.165, 1.54) is 0 Å². The van der Waals surface area contributed by atoms with E-state index in [0.717, 1.165) is 16.5 Å². The van der Waals surface area contributed by atoms with Crippen LogP contribution < -0.4 is 5.32 Å². The fourth-order valence-electron chi connectivity index (χ4n) is 2.50. The van der Waals surface area contributed by atoms with Crippen LogP contribution >= 0.6 is 0 Å². The van der Waals surface area contributed by atoms with Crippen molar-refractivity contribution in [1.29, 1.82) is 0 Å². The summed E-state index contributed by atoms with van der Waals surface area (Å²) in [6.07, 6.45) is 3.60. The number of aromatic amines is 1. The molecule has 0 unspecified atom stereocenters. The maximum Gasteiger partial charge on any atom is 0.230 e. The van der Waals surface area contributed by atoms with Gasteiger partial charge in [-0.3, -0.25) is 14.9 Å². The van der Waals surface area contributed by atoms with Gasteiger partial charge in [0.25, 0.3) is 0 Å². The molecule has 0 bridgehead atoms. The van der Waals surface area contributed by atoms with Crippen LogP contribution in [0.5, 0.6) is 0 Å². The highest BCUT2D eigenvalue weighted by Crippen LogP contribution is 2.27. The zero-order valence-corrected chi connectivity index (χ0v) is 12.7. The van der Waals surface area contributed by atoms with Gasteiger partial charge in [-0.05, 0) is 23.8 Å². The number of para-hydroxylation sites is 1. The van der Waals surface area contributed by atoms with Gasteiger partial charge in [-0.25, -0.2) is 0 Å². The average Bonchev–Trinajstić information content (AvgIpc) is 3.22. The van der Waals surface area contributed by atoms with Crippen LogP contribution in [0.2, 0.25) is 0 Å². The zero-order valence-electron chi connectivity index (χ0n) is 12.7. The van der Waals surface area contributed by atoms with Crippen molar-refractivity contribution >= 4 is 22.7 Å². The van der Waals surface area contributed by atoms with Gasteiger partial charge in [-0.1, -0.05) is 24.3 Å². The van der Waals surface area contributed by atoms with Crippen LogP contribution in [0.4, 0.5) is 5.82 Å². The van der Waals surface area contributed by atoms with Crippen LogP contribution in [0.25, 0.3) is 22.4 Å². The second-order valence-corrected chi connectivity index (χ2v) is 5.40. The summed E-state index contributed by atoms with van der Waals surface area (Å²) in [5.41, 5.74) is 2.37. The monoisotopic (exact) mass is 318 g/mol. The minimum atomic E-state index is -0.148. The Morgan fingerprint density at radius 1 is 1.17 bits per heavy atom. The van der Waals surface area contributed by atoms with E-state index < -0.39 is 0 Å². The van der Waals surface area contributed by atoms with Gasteiger partial charge in [0, 0.05) is 23.8 Å². The number of H-pyrrole nitrogens is 1. The highest BCUT2D eigenvalue weighted by Gasteiger charge is 2.11. The molecule has 1 aromatic carbocycles. The molecule has 0 spiro atoms. The van der Waals surface area contributed by atoms with Crippen molar-refractivity contribution in [2.24, 2.45) is 0 Å². The molecular weight excluding hydrogens is 304 g/mol. The SMILES string of the molecule is O=C(Cc1cccnc1)Nc1cc(-c2cc3ccccc3o2)[nH]n1. The Labute approximate surface area is 137 Å². The van der Waals surface area contributed by atoms with Gasteiger partial charge in [0.15, 0.2) is 11.6 Å². The zero-order chi connectivity index (χ0) is 16.4. The van der Waals surface area contributed by atoms with Crippen LogP contribution in [0.1, 0.15) is 5.56 Å². The summed E-state index contributed by atoms with van der Waals surface area (Å²) in [6.45, 7) is 0. The second kappa shape index (κ2) is 6.00. The van der Waals surface area contributed by atoms with Gasteiger partial charge >= 0.3 is 0 Å². The van der Waals surface area contributed by atoms with Gasteiger partial charge in [0.1, 0.15) is 11.3 Å². The van der Waals surface area contributed by atoms with Crippen molar-refractivity contribution in [2.45, 2.75) is 6.42 Å². The number of nitrogens with one attached hydrogen (secondary N) is 2. The predicted octanol–water partition coefficient (Wildman–Crippen LogP) is 3.40. The smallest absolute Gasteiger partial charge is 0.230 e. The number of carbonyl (C=O) groups excluding carboxylic acids is 1. The van der Waals surface area contributed by atoms with Gasteiger partial charge in [-0.2, -0.15) is 5.10 Å². The Morgan fingerprint density at radius 3 is 2.92 bits per heavy atom. The highest BCUT2D eigenvalue weighted by molar-refractivity contribution is 5.92. The number of benzene rings is 1. The molecule has 118 valence electrons. The third kappa shape index (κ3) is 2.89. The molecule has 2 N–H and O–H groups in total. The van der Waals surface area contributed by atoms with E-state index in [2.05, 4.69) is 20.5 Å². The summed E-state index contributed by atoms with van der Waals surface area (Å²) in [5.74, 6) is 0.987. The predicted molar refractivity (Wildman–Crippen MR) is 90.4 cm³/mol. The lowest BCUT2D eigenvalue weighted by atomic mass is 10.2. The molecule has 6 nitrogen and oxygen atoms in total. The molecule has 24 heavy (non-hydrogen) atoms. The number of nitrogens with zero attached hydrogens (tertiary/aromatic N) is 2. The normalized spacial score (nSPS) is 10.8. The summed E-state index contributed by atoms with van der Waals surface area (Å²) < 4.78 is 5.78. The molecule has 4 rings (SSSR count). The van der Waals surface area contributed by atoms with Crippen LogP contribution in [0, 0.1) is 0 Å². The number of rotatable bonds is 4. The van der Waals surface area contributed by atoms with E-state index in [4.69, 9.17) is 4.42 Å².